The molecular formula is C22H35NO. The third kappa shape index (κ3) is 2.89. The zero-order chi connectivity index (χ0) is 18.4. The minimum Gasteiger partial charge on any atom is -0.353 e. The van der Waals surface area contributed by atoms with Gasteiger partial charge in [-0.25, -0.2) is 0 Å². The maximum Gasteiger partial charge on any atom is 0.217 e. The first-order valence-electron chi connectivity index (χ1n) is 9.25. The van der Waals surface area contributed by atoms with Crippen LogP contribution in [0.5, 0.6) is 0 Å². The van der Waals surface area contributed by atoms with Crippen molar-refractivity contribution in [3.8, 4) is 0 Å². The zero-order valence-corrected chi connectivity index (χ0v) is 16.9. The molecule has 4 unspecified atom stereocenters. The molecule has 1 N–H and O–H groups in total. The Morgan fingerprint density at radius 3 is 2.00 bits per heavy atom. The Bertz CT molecular complexity index is 629. The molecule has 0 spiro atoms. The van der Waals surface area contributed by atoms with E-state index in [1.807, 2.05) is 0 Å². The quantitative estimate of drug-likeness (QED) is 0.791. The standard InChI is InChI=1S/C22H35NO/c1-13-10-11-18(12-14(13)2)19-15(3)21(6,7)22(8,9)16(4)20(19)23-17(5)24/h10-12,15-16,19-20H,1-9H3,(H,23,24). The van der Waals surface area contributed by atoms with Crippen LogP contribution in [0.2, 0.25) is 0 Å². The van der Waals surface area contributed by atoms with Crippen molar-refractivity contribution in [1.29, 1.82) is 0 Å². The van der Waals surface area contributed by atoms with Gasteiger partial charge in [0.25, 0.3) is 0 Å². The molecule has 1 aromatic rings. The van der Waals surface area contributed by atoms with E-state index in [4.69, 9.17) is 0 Å². The highest BCUT2D eigenvalue weighted by Crippen LogP contribution is 2.60. The first-order valence-corrected chi connectivity index (χ1v) is 9.25. The number of nitrogens with one attached hydrogen (secondary N) is 1. The van der Waals surface area contributed by atoms with Gasteiger partial charge in [-0.15, -0.1) is 0 Å². The van der Waals surface area contributed by atoms with Gasteiger partial charge in [-0.3, -0.25) is 4.79 Å². The topological polar surface area (TPSA) is 29.1 Å². The molecule has 2 heteroatoms. The Labute approximate surface area is 148 Å². The normalized spacial score (nSPS) is 31.5. The van der Waals surface area contributed by atoms with Gasteiger partial charge in [-0.2, -0.15) is 0 Å². The van der Waals surface area contributed by atoms with Crippen LogP contribution in [-0.4, -0.2) is 11.9 Å². The third-order valence-corrected chi connectivity index (χ3v) is 7.69. The largest absolute Gasteiger partial charge is 0.353 e. The van der Waals surface area contributed by atoms with Gasteiger partial charge in [0.15, 0.2) is 0 Å². The van der Waals surface area contributed by atoms with E-state index < -0.39 is 0 Å². The summed E-state index contributed by atoms with van der Waals surface area (Å²) in [4.78, 5) is 11.9. The Morgan fingerprint density at radius 2 is 1.50 bits per heavy atom. The van der Waals surface area contributed by atoms with E-state index in [1.165, 1.54) is 16.7 Å². The molecule has 0 aromatic heterocycles. The van der Waals surface area contributed by atoms with Crippen molar-refractivity contribution in [2.45, 2.75) is 74.3 Å². The van der Waals surface area contributed by atoms with Gasteiger partial charge in [0.1, 0.15) is 0 Å². The highest BCUT2D eigenvalue weighted by atomic mass is 16.1. The summed E-state index contributed by atoms with van der Waals surface area (Å²) in [5, 5.41) is 3.30. The molecule has 4 atom stereocenters. The van der Waals surface area contributed by atoms with Crippen LogP contribution in [0.3, 0.4) is 0 Å². The molecule has 1 fully saturated rings. The molecule has 0 bridgehead atoms. The van der Waals surface area contributed by atoms with Crippen LogP contribution in [0, 0.1) is 36.5 Å². The Morgan fingerprint density at radius 1 is 0.958 bits per heavy atom. The monoisotopic (exact) mass is 329 g/mol. The van der Waals surface area contributed by atoms with Crippen molar-refractivity contribution >= 4 is 5.91 Å². The first kappa shape index (κ1) is 19.0. The lowest BCUT2D eigenvalue weighted by Crippen LogP contribution is -2.60. The number of hydrogen-bond acceptors (Lipinski definition) is 1. The second-order valence-electron chi connectivity index (χ2n) is 9.12. The Hall–Kier alpha value is -1.31. The van der Waals surface area contributed by atoms with Crippen LogP contribution in [-0.2, 0) is 4.79 Å². The smallest absolute Gasteiger partial charge is 0.217 e. The van der Waals surface area contributed by atoms with Crippen molar-refractivity contribution in [2.24, 2.45) is 22.7 Å². The molecule has 0 heterocycles. The van der Waals surface area contributed by atoms with E-state index >= 15 is 0 Å². The number of benzene rings is 1. The first-order chi connectivity index (χ1) is 10.9. The Kier molecular flexibility index (Phi) is 4.92. The molecule has 1 amide bonds. The van der Waals surface area contributed by atoms with E-state index in [1.54, 1.807) is 6.92 Å². The lowest BCUT2D eigenvalue weighted by molar-refractivity contribution is -0.125. The minimum absolute atomic E-state index is 0.0726. The van der Waals surface area contributed by atoms with E-state index in [-0.39, 0.29) is 22.8 Å². The summed E-state index contributed by atoms with van der Waals surface area (Å²) in [6.45, 7) is 20.2. The Balaban J connectivity index is 2.58. The van der Waals surface area contributed by atoms with E-state index in [0.29, 0.717) is 17.8 Å². The molecule has 1 aliphatic rings. The maximum atomic E-state index is 11.9. The van der Waals surface area contributed by atoms with Crippen LogP contribution < -0.4 is 5.32 Å². The van der Waals surface area contributed by atoms with E-state index in [2.05, 4.69) is 78.9 Å². The van der Waals surface area contributed by atoms with Crippen molar-refractivity contribution in [2.75, 3.05) is 0 Å². The molecular weight excluding hydrogens is 294 g/mol. The van der Waals surface area contributed by atoms with Crippen molar-refractivity contribution in [3.05, 3.63) is 34.9 Å². The number of aryl methyl sites for hydroxylation is 2. The van der Waals surface area contributed by atoms with Crippen LogP contribution in [0.1, 0.15) is 71.1 Å². The fraction of sp³-hybridized carbons (Fsp3) is 0.682. The van der Waals surface area contributed by atoms with Crippen LogP contribution in [0.25, 0.3) is 0 Å². The lowest BCUT2D eigenvalue weighted by Gasteiger charge is -2.60. The van der Waals surface area contributed by atoms with E-state index in [9.17, 15) is 4.79 Å². The summed E-state index contributed by atoms with van der Waals surface area (Å²) in [5.41, 5.74) is 4.35. The fourth-order valence-corrected chi connectivity index (χ4v) is 4.61. The van der Waals surface area contributed by atoms with E-state index in [0.717, 1.165) is 0 Å². The van der Waals surface area contributed by atoms with Gasteiger partial charge >= 0.3 is 0 Å². The number of carbonyl (C=O) groups is 1. The molecule has 24 heavy (non-hydrogen) atoms. The molecule has 2 rings (SSSR count). The summed E-state index contributed by atoms with van der Waals surface area (Å²) in [6, 6.07) is 6.98. The second-order valence-corrected chi connectivity index (χ2v) is 9.12. The minimum atomic E-state index is 0.0726. The second kappa shape index (κ2) is 6.20. The van der Waals surface area contributed by atoms with Gasteiger partial charge in [0, 0.05) is 18.9 Å². The van der Waals surface area contributed by atoms with Crippen molar-refractivity contribution in [3.63, 3.8) is 0 Å². The molecule has 1 aromatic carbocycles. The summed E-state index contributed by atoms with van der Waals surface area (Å²) in [7, 11) is 0. The predicted molar refractivity (Wildman–Crippen MR) is 102 cm³/mol. The highest BCUT2D eigenvalue weighted by molar-refractivity contribution is 5.73. The molecule has 134 valence electrons. The predicted octanol–water partition coefficient (Wildman–Crippen LogP) is 5.23. The van der Waals surface area contributed by atoms with Gasteiger partial charge in [-0.1, -0.05) is 59.7 Å². The molecule has 0 radical (unpaired) electrons. The fourth-order valence-electron chi connectivity index (χ4n) is 4.61. The third-order valence-electron chi connectivity index (χ3n) is 7.69. The summed E-state index contributed by atoms with van der Waals surface area (Å²) < 4.78 is 0. The van der Waals surface area contributed by atoms with Gasteiger partial charge in [-0.05, 0) is 53.2 Å². The van der Waals surface area contributed by atoms with Gasteiger partial charge in [0.05, 0.1) is 0 Å². The molecule has 0 saturated heterocycles. The number of rotatable bonds is 2. The SMILES string of the molecule is CC(=O)NC1C(c2ccc(C)c(C)c2)C(C)C(C)(C)C(C)(C)C1C. The van der Waals surface area contributed by atoms with Crippen LogP contribution in [0.4, 0.5) is 0 Å². The molecule has 1 aliphatic carbocycles. The van der Waals surface area contributed by atoms with Crippen molar-refractivity contribution < 1.29 is 4.79 Å². The number of hydrogen-bond donors (Lipinski definition) is 1. The van der Waals surface area contributed by atoms with Gasteiger partial charge in [0.2, 0.25) is 5.91 Å². The van der Waals surface area contributed by atoms with Gasteiger partial charge < -0.3 is 5.32 Å². The summed E-state index contributed by atoms with van der Waals surface area (Å²) >= 11 is 0. The van der Waals surface area contributed by atoms with Crippen LogP contribution >= 0.6 is 0 Å². The average Bonchev–Trinajstić information content (AvgIpc) is 2.47. The van der Waals surface area contributed by atoms with Crippen molar-refractivity contribution in [1.82, 2.24) is 5.32 Å². The lowest BCUT2D eigenvalue weighted by atomic mass is 9.46. The average molecular weight is 330 g/mol. The zero-order valence-electron chi connectivity index (χ0n) is 16.9. The number of amides is 1. The summed E-state index contributed by atoms with van der Waals surface area (Å²) in [5.74, 6) is 1.29. The van der Waals surface area contributed by atoms with Crippen LogP contribution in [0.15, 0.2) is 18.2 Å². The highest BCUT2D eigenvalue weighted by Gasteiger charge is 2.56. The number of carbonyl (C=O) groups excluding carboxylic acids is 1. The summed E-state index contributed by atoms with van der Waals surface area (Å²) in [6.07, 6.45) is 0. The molecule has 0 aliphatic heterocycles. The maximum absolute atomic E-state index is 11.9. The molecule has 1 saturated carbocycles. The molecule has 2 nitrogen and oxygen atoms in total.